The first kappa shape index (κ1) is 19.9. The summed E-state index contributed by atoms with van der Waals surface area (Å²) in [5.41, 5.74) is 5.96. The fourth-order valence-electron chi connectivity index (χ4n) is 4.74. The van der Waals surface area contributed by atoms with Crippen molar-refractivity contribution in [3.8, 4) is 11.3 Å². The van der Waals surface area contributed by atoms with Crippen LogP contribution in [0.5, 0.6) is 0 Å². The molecule has 2 aromatic carbocycles. The van der Waals surface area contributed by atoms with E-state index in [1.165, 1.54) is 23.3 Å². The van der Waals surface area contributed by atoms with Crippen molar-refractivity contribution < 1.29 is 13.2 Å². The Morgan fingerprint density at radius 2 is 1.87 bits per heavy atom. The Bertz CT molecular complexity index is 1290. The van der Waals surface area contributed by atoms with Crippen molar-refractivity contribution in [2.45, 2.75) is 30.6 Å². The Kier molecular flexibility index (Phi) is 4.68. The quantitative estimate of drug-likeness (QED) is 0.686. The van der Waals surface area contributed by atoms with Gasteiger partial charge in [0.05, 0.1) is 10.6 Å². The van der Waals surface area contributed by atoms with Crippen LogP contribution in [0.4, 0.5) is 5.69 Å². The minimum atomic E-state index is -3.83. The highest BCUT2D eigenvalue weighted by atomic mass is 32.2. The van der Waals surface area contributed by atoms with Crippen LogP contribution in [-0.2, 0) is 27.7 Å². The summed E-state index contributed by atoms with van der Waals surface area (Å²) in [5.74, 6) is 0.0195. The lowest BCUT2D eigenvalue weighted by molar-refractivity contribution is -0.122. The van der Waals surface area contributed by atoms with Crippen molar-refractivity contribution in [2.75, 3.05) is 11.4 Å². The van der Waals surface area contributed by atoms with Gasteiger partial charge in [-0.25, -0.2) is 13.6 Å². The fourth-order valence-corrected chi connectivity index (χ4v) is 5.27. The number of rotatable bonds is 3. The number of nitrogens with zero attached hydrogens (tertiary/aromatic N) is 2. The van der Waals surface area contributed by atoms with Crippen molar-refractivity contribution in [2.24, 2.45) is 11.1 Å². The maximum absolute atomic E-state index is 13.5. The first-order valence-corrected chi connectivity index (χ1v) is 11.9. The molecule has 158 valence electrons. The molecule has 0 saturated carbocycles. The van der Waals surface area contributed by atoms with Crippen LogP contribution in [0.2, 0.25) is 0 Å². The Balaban J connectivity index is 1.42. The Morgan fingerprint density at radius 3 is 2.61 bits per heavy atom. The molecule has 0 bridgehead atoms. The number of anilines is 1. The number of primary sulfonamides is 1. The summed E-state index contributed by atoms with van der Waals surface area (Å²) in [4.78, 5) is 19.7. The van der Waals surface area contributed by atoms with Crippen LogP contribution < -0.4 is 10.0 Å². The molecular formula is C24H23N3O3S. The third-order valence-electron chi connectivity index (χ3n) is 6.32. The van der Waals surface area contributed by atoms with E-state index >= 15 is 0 Å². The molecule has 0 spiro atoms. The minimum Gasteiger partial charge on any atom is -0.311 e. The van der Waals surface area contributed by atoms with Crippen LogP contribution >= 0.6 is 0 Å². The Hall–Kier alpha value is -3.03. The summed E-state index contributed by atoms with van der Waals surface area (Å²) in [7, 11) is -3.83. The van der Waals surface area contributed by atoms with E-state index in [2.05, 4.69) is 23.2 Å². The molecule has 0 saturated heterocycles. The molecule has 5 rings (SSSR count). The van der Waals surface area contributed by atoms with E-state index in [4.69, 9.17) is 5.14 Å². The van der Waals surface area contributed by atoms with Crippen LogP contribution in [0.3, 0.4) is 0 Å². The molecule has 2 N–H and O–H groups in total. The van der Waals surface area contributed by atoms with Crippen molar-refractivity contribution in [3.05, 3.63) is 77.5 Å². The second-order valence-corrected chi connectivity index (χ2v) is 9.98. The van der Waals surface area contributed by atoms with Gasteiger partial charge in [0, 0.05) is 35.8 Å². The van der Waals surface area contributed by atoms with Crippen molar-refractivity contribution >= 4 is 21.6 Å². The molecule has 1 aliphatic heterocycles. The molecule has 0 fully saturated rings. The zero-order valence-corrected chi connectivity index (χ0v) is 18.0. The number of carbonyl (C=O) groups excluding carboxylic acids is 1. The smallest absolute Gasteiger partial charge is 0.238 e. The van der Waals surface area contributed by atoms with Gasteiger partial charge >= 0.3 is 0 Å². The molecule has 1 aliphatic carbocycles. The average molecular weight is 434 g/mol. The summed E-state index contributed by atoms with van der Waals surface area (Å²) in [5, 5.41) is 5.31. The molecule has 1 amide bonds. The van der Waals surface area contributed by atoms with Gasteiger partial charge in [-0.3, -0.25) is 9.78 Å². The largest absolute Gasteiger partial charge is 0.311 e. The van der Waals surface area contributed by atoms with Gasteiger partial charge in [0.15, 0.2) is 0 Å². The number of amides is 1. The molecule has 31 heavy (non-hydrogen) atoms. The molecular weight excluding hydrogens is 410 g/mol. The summed E-state index contributed by atoms with van der Waals surface area (Å²) in [6.07, 6.45) is 3.13. The fraction of sp³-hybridized carbons (Fsp3) is 0.250. The third kappa shape index (κ3) is 3.54. The van der Waals surface area contributed by atoms with Crippen LogP contribution in [0, 0.1) is 5.92 Å². The van der Waals surface area contributed by atoms with E-state index in [9.17, 15) is 13.2 Å². The van der Waals surface area contributed by atoms with Gasteiger partial charge in [-0.15, -0.1) is 0 Å². The number of fused-ring (bicyclic) bond motifs is 2. The lowest BCUT2D eigenvalue weighted by Gasteiger charge is -2.22. The first-order chi connectivity index (χ1) is 14.8. The maximum atomic E-state index is 13.5. The predicted molar refractivity (Wildman–Crippen MR) is 119 cm³/mol. The van der Waals surface area contributed by atoms with Crippen molar-refractivity contribution in [1.29, 1.82) is 0 Å². The summed E-state index contributed by atoms with van der Waals surface area (Å²) in [6.45, 7) is 2.60. The van der Waals surface area contributed by atoms with Gasteiger partial charge in [-0.05, 0) is 59.9 Å². The van der Waals surface area contributed by atoms with Crippen LogP contribution in [-0.4, -0.2) is 25.9 Å². The molecule has 2 atom stereocenters. The van der Waals surface area contributed by atoms with E-state index in [1.807, 2.05) is 25.1 Å². The number of sulfonamides is 1. The summed E-state index contributed by atoms with van der Waals surface area (Å²) in [6, 6.07) is 16.9. The van der Waals surface area contributed by atoms with Gasteiger partial charge in [-0.1, -0.05) is 31.2 Å². The summed E-state index contributed by atoms with van der Waals surface area (Å²) >= 11 is 0. The first-order valence-electron chi connectivity index (χ1n) is 10.3. The second kappa shape index (κ2) is 7.28. The summed E-state index contributed by atoms with van der Waals surface area (Å²) < 4.78 is 23.6. The minimum absolute atomic E-state index is 0.0350. The van der Waals surface area contributed by atoms with Crippen LogP contribution in [0.25, 0.3) is 11.3 Å². The molecule has 0 unspecified atom stereocenters. The number of pyridine rings is 1. The number of carbonyl (C=O) groups is 1. The molecule has 7 heteroatoms. The van der Waals surface area contributed by atoms with Crippen LogP contribution in [0.1, 0.15) is 29.5 Å². The van der Waals surface area contributed by atoms with Gasteiger partial charge in [0.2, 0.25) is 15.9 Å². The van der Waals surface area contributed by atoms with Gasteiger partial charge in [0.1, 0.15) is 0 Å². The molecule has 2 heterocycles. The van der Waals surface area contributed by atoms with E-state index in [-0.39, 0.29) is 22.6 Å². The monoisotopic (exact) mass is 433 g/mol. The van der Waals surface area contributed by atoms with E-state index in [0.29, 0.717) is 25.1 Å². The van der Waals surface area contributed by atoms with Crippen molar-refractivity contribution in [3.63, 3.8) is 0 Å². The van der Waals surface area contributed by atoms with E-state index in [1.54, 1.807) is 17.2 Å². The number of benzene rings is 2. The topological polar surface area (TPSA) is 93.4 Å². The lowest BCUT2D eigenvalue weighted by Crippen LogP contribution is -2.35. The van der Waals surface area contributed by atoms with Crippen LogP contribution in [0.15, 0.2) is 65.7 Å². The van der Waals surface area contributed by atoms with Gasteiger partial charge < -0.3 is 4.90 Å². The highest BCUT2D eigenvalue weighted by Gasteiger charge is 2.37. The Labute approximate surface area is 181 Å². The second-order valence-electron chi connectivity index (χ2n) is 8.42. The zero-order chi connectivity index (χ0) is 21.8. The SMILES string of the molecule is C[C@@H]1CN(C(=O)[C@@H]2Cc3ccc(-c4ccccn4)cc3C2)c2cc(S(N)(=O)=O)ccc21. The normalized spacial score (nSPS) is 19.9. The number of hydrogen-bond donors (Lipinski definition) is 1. The average Bonchev–Trinajstić information content (AvgIpc) is 3.33. The highest BCUT2D eigenvalue weighted by molar-refractivity contribution is 7.89. The zero-order valence-electron chi connectivity index (χ0n) is 17.2. The molecule has 1 aromatic heterocycles. The van der Waals surface area contributed by atoms with E-state index < -0.39 is 10.0 Å². The van der Waals surface area contributed by atoms with E-state index in [0.717, 1.165) is 16.8 Å². The molecule has 0 radical (unpaired) electrons. The number of nitrogens with two attached hydrogens (primary N) is 1. The third-order valence-corrected chi connectivity index (χ3v) is 7.23. The van der Waals surface area contributed by atoms with Gasteiger partial charge in [-0.2, -0.15) is 0 Å². The molecule has 6 nitrogen and oxygen atoms in total. The predicted octanol–water partition coefficient (Wildman–Crippen LogP) is 3.26. The van der Waals surface area contributed by atoms with Gasteiger partial charge in [0.25, 0.3) is 0 Å². The lowest BCUT2D eigenvalue weighted by atomic mass is 10.0. The van der Waals surface area contributed by atoms with Crippen molar-refractivity contribution in [1.82, 2.24) is 4.98 Å². The molecule has 3 aromatic rings. The molecule has 2 aliphatic rings. The highest BCUT2D eigenvalue weighted by Crippen LogP contribution is 2.40. The standard InChI is InChI=1S/C24H23N3O3S/c1-15-14-27(23-13-20(31(25,29)30)7-8-21(15)23)24(28)19-10-16-5-6-17(11-18(16)12-19)22-4-2-3-9-26-22/h2-9,11,13,15,19H,10,12,14H2,1H3,(H2,25,29,30)/t15-,19-/m1/s1. The number of hydrogen-bond acceptors (Lipinski definition) is 4. The number of aromatic nitrogens is 1. The maximum Gasteiger partial charge on any atom is 0.238 e. The Morgan fingerprint density at radius 1 is 1.06 bits per heavy atom.